The van der Waals surface area contributed by atoms with Gasteiger partial charge in [0.05, 0.1) is 33.1 Å². The van der Waals surface area contributed by atoms with Crippen LogP contribution >= 0.6 is 22.7 Å². The molecule has 2 heterocycles. The fourth-order valence-electron chi connectivity index (χ4n) is 2.49. The number of nitrogens with zero attached hydrogens (tertiary/aromatic N) is 1. The van der Waals surface area contributed by atoms with Gasteiger partial charge in [0, 0.05) is 10.3 Å². The molecule has 148 valence electrons. The lowest BCUT2D eigenvalue weighted by Crippen LogP contribution is -2.44. The summed E-state index contributed by atoms with van der Waals surface area (Å²) in [6.45, 7) is 5.70. The Morgan fingerprint density at radius 1 is 1.14 bits per heavy atom. The number of aryl methyl sites for hydroxylation is 2. The number of aromatic nitrogens is 1. The van der Waals surface area contributed by atoms with Crippen molar-refractivity contribution >= 4 is 38.6 Å². The van der Waals surface area contributed by atoms with Gasteiger partial charge in [-0.3, -0.25) is 4.79 Å². The molecule has 6 nitrogen and oxygen atoms in total. The van der Waals surface area contributed by atoms with Gasteiger partial charge in [-0.25, -0.2) is 13.4 Å². The number of hydrogen-bond donors (Lipinski definition) is 2. The predicted octanol–water partition coefficient (Wildman–Crippen LogP) is 3.47. The number of sulfonamides is 1. The van der Waals surface area contributed by atoms with E-state index < -0.39 is 16.1 Å². The first kappa shape index (κ1) is 20.7. The topological polar surface area (TPSA) is 88.2 Å². The molecule has 0 aliphatic heterocycles. The van der Waals surface area contributed by atoms with Crippen LogP contribution in [0.15, 0.2) is 46.7 Å². The van der Waals surface area contributed by atoms with Gasteiger partial charge in [-0.2, -0.15) is 4.72 Å². The summed E-state index contributed by atoms with van der Waals surface area (Å²) in [6.07, 6.45) is 0. The third-order valence-corrected chi connectivity index (χ3v) is 7.46. The molecule has 2 aromatic heterocycles. The van der Waals surface area contributed by atoms with Crippen molar-refractivity contribution in [3.8, 4) is 10.6 Å². The monoisotopic (exact) mass is 435 g/mol. The summed E-state index contributed by atoms with van der Waals surface area (Å²) < 4.78 is 27.2. The van der Waals surface area contributed by atoms with Gasteiger partial charge in [-0.1, -0.05) is 17.7 Å². The molecule has 1 aromatic carbocycles. The average molecular weight is 436 g/mol. The minimum atomic E-state index is -3.75. The molecule has 9 heteroatoms. The van der Waals surface area contributed by atoms with Crippen LogP contribution in [0.1, 0.15) is 22.4 Å². The van der Waals surface area contributed by atoms with Crippen molar-refractivity contribution in [2.45, 2.75) is 38.3 Å². The molecule has 0 fully saturated rings. The van der Waals surface area contributed by atoms with E-state index in [9.17, 15) is 13.2 Å². The summed E-state index contributed by atoms with van der Waals surface area (Å²) in [7, 11) is -3.75. The normalized spacial score (nSPS) is 12.7. The smallest absolute Gasteiger partial charge is 0.241 e. The molecule has 2 N–H and O–H groups in total. The Morgan fingerprint density at radius 2 is 1.86 bits per heavy atom. The summed E-state index contributed by atoms with van der Waals surface area (Å²) >= 11 is 3.15. The van der Waals surface area contributed by atoms with Gasteiger partial charge >= 0.3 is 0 Å². The number of carbonyl (C=O) groups is 1. The van der Waals surface area contributed by atoms with Gasteiger partial charge < -0.3 is 5.32 Å². The van der Waals surface area contributed by atoms with E-state index in [2.05, 4.69) is 15.0 Å². The van der Waals surface area contributed by atoms with Crippen molar-refractivity contribution in [2.24, 2.45) is 0 Å². The maximum atomic E-state index is 12.4. The summed E-state index contributed by atoms with van der Waals surface area (Å²) in [5, 5.41) is 5.79. The second-order valence-electron chi connectivity index (χ2n) is 6.39. The quantitative estimate of drug-likeness (QED) is 0.595. The Balaban J connectivity index is 1.57. The highest BCUT2D eigenvalue weighted by atomic mass is 32.2. The van der Waals surface area contributed by atoms with Gasteiger partial charge in [-0.15, -0.1) is 22.7 Å². The fraction of sp³-hybridized carbons (Fsp3) is 0.263. The number of thiophene rings is 1. The lowest BCUT2D eigenvalue weighted by Gasteiger charge is -2.14. The van der Waals surface area contributed by atoms with Gasteiger partial charge in [0.1, 0.15) is 0 Å². The lowest BCUT2D eigenvalue weighted by atomic mass is 10.2. The van der Waals surface area contributed by atoms with Crippen LogP contribution in [0.25, 0.3) is 10.6 Å². The van der Waals surface area contributed by atoms with E-state index in [4.69, 9.17) is 0 Å². The number of benzene rings is 1. The van der Waals surface area contributed by atoms with Gasteiger partial charge in [0.2, 0.25) is 15.9 Å². The molecular weight excluding hydrogens is 414 g/mol. The van der Waals surface area contributed by atoms with Crippen molar-refractivity contribution in [3.05, 3.63) is 57.2 Å². The molecule has 0 aliphatic carbocycles. The van der Waals surface area contributed by atoms with Crippen LogP contribution in [-0.4, -0.2) is 25.4 Å². The number of rotatable bonds is 7. The van der Waals surface area contributed by atoms with E-state index in [-0.39, 0.29) is 10.8 Å². The van der Waals surface area contributed by atoms with E-state index in [0.29, 0.717) is 6.54 Å². The number of carbonyl (C=O) groups excluding carboxylic acids is 1. The highest BCUT2D eigenvalue weighted by Crippen LogP contribution is 2.28. The first-order valence-electron chi connectivity index (χ1n) is 8.62. The molecule has 0 saturated carbocycles. The van der Waals surface area contributed by atoms with E-state index in [0.717, 1.165) is 26.0 Å². The van der Waals surface area contributed by atoms with Crippen LogP contribution in [0.2, 0.25) is 0 Å². The zero-order valence-corrected chi connectivity index (χ0v) is 18.2. The predicted molar refractivity (Wildman–Crippen MR) is 113 cm³/mol. The third kappa shape index (κ3) is 5.05. The molecule has 3 rings (SSSR count). The largest absolute Gasteiger partial charge is 0.350 e. The molecule has 0 saturated heterocycles. The molecule has 3 aromatic rings. The van der Waals surface area contributed by atoms with Crippen LogP contribution in [-0.2, 0) is 21.4 Å². The Bertz CT molecular complexity index is 1070. The molecule has 1 unspecified atom stereocenters. The van der Waals surface area contributed by atoms with Gasteiger partial charge in [0.25, 0.3) is 0 Å². The number of amides is 1. The van der Waals surface area contributed by atoms with Crippen molar-refractivity contribution in [2.75, 3.05) is 0 Å². The van der Waals surface area contributed by atoms with E-state index >= 15 is 0 Å². The fourth-order valence-corrected chi connectivity index (χ4v) is 5.28. The van der Waals surface area contributed by atoms with Crippen LogP contribution in [0, 0.1) is 13.8 Å². The van der Waals surface area contributed by atoms with E-state index in [1.807, 2.05) is 31.4 Å². The summed E-state index contributed by atoms with van der Waals surface area (Å²) in [6, 6.07) is 9.52. The molecule has 0 spiro atoms. The SMILES string of the molecule is Cc1ccc(S(=O)(=O)NC(C)C(=O)NCc2ccc(-c3csc(C)n3)s2)cc1. The Hall–Kier alpha value is -2.07. The van der Waals surface area contributed by atoms with Crippen LogP contribution in [0.3, 0.4) is 0 Å². The standard InChI is InChI=1S/C19H21N3O3S3/c1-12-4-7-16(8-5-12)28(24,25)22-13(2)19(23)20-10-15-6-9-18(27-15)17-11-26-14(3)21-17/h4-9,11,13,22H,10H2,1-3H3,(H,20,23). The molecule has 0 radical (unpaired) electrons. The van der Waals surface area contributed by atoms with E-state index in [1.54, 1.807) is 34.8 Å². The molecule has 28 heavy (non-hydrogen) atoms. The van der Waals surface area contributed by atoms with Crippen LogP contribution in [0.4, 0.5) is 0 Å². The van der Waals surface area contributed by atoms with Gasteiger partial charge in [-0.05, 0) is 45.0 Å². The zero-order chi connectivity index (χ0) is 20.3. The minimum Gasteiger partial charge on any atom is -0.350 e. The summed E-state index contributed by atoms with van der Waals surface area (Å²) in [4.78, 5) is 18.9. The number of thiazole rings is 1. The molecular formula is C19H21N3O3S3. The molecule has 1 amide bonds. The Labute approximate surface area is 172 Å². The van der Waals surface area contributed by atoms with Crippen LogP contribution in [0.5, 0.6) is 0 Å². The van der Waals surface area contributed by atoms with Crippen molar-refractivity contribution in [3.63, 3.8) is 0 Å². The molecule has 0 bridgehead atoms. The maximum Gasteiger partial charge on any atom is 0.241 e. The number of hydrogen-bond acceptors (Lipinski definition) is 6. The second kappa shape index (κ2) is 8.52. The van der Waals surface area contributed by atoms with Crippen molar-refractivity contribution < 1.29 is 13.2 Å². The second-order valence-corrected chi connectivity index (χ2v) is 10.3. The number of nitrogens with one attached hydrogen (secondary N) is 2. The highest BCUT2D eigenvalue weighted by molar-refractivity contribution is 7.89. The Morgan fingerprint density at radius 3 is 2.50 bits per heavy atom. The summed E-state index contributed by atoms with van der Waals surface area (Å²) in [5.41, 5.74) is 1.90. The Kier molecular flexibility index (Phi) is 6.29. The van der Waals surface area contributed by atoms with Gasteiger partial charge in [0.15, 0.2) is 0 Å². The third-order valence-electron chi connectivity index (χ3n) is 4.03. The summed E-state index contributed by atoms with van der Waals surface area (Å²) in [5.74, 6) is -0.380. The maximum absolute atomic E-state index is 12.4. The minimum absolute atomic E-state index is 0.138. The van der Waals surface area contributed by atoms with Crippen molar-refractivity contribution in [1.82, 2.24) is 15.0 Å². The zero-order valence-electron chi connectivity index (χ0n) is 15.7. The van der Waals surface area contributed by atoms with Crippen molar-refractivity contribution in [1.29, 1.82) is 0 Å². The molecule has 0 aliphatic rings. The highest BCUT2D eigenvalue weighted by Gasteiger charge is 2.22. The first-order valence-corrected chi connectivity index (χ1v) is 11.8. The first-order chi connectivity index (χ1) is 13.2. The molecule has 1 atom stereocenters. The van der Waals surface area contributed by atoms with Crippen LogP contribution < -0.4 is 10.0 Å². The average Bonchev–Trinajstić information content (AvgIpc) is 3.28. The van der Waals surface area contributed by atoms with E-state index in [1.165, 1.54) is 19.1 Å². The lowest BCUT2D eigenvalue weighted by molar-refractivity contribution is -0.122.